The summed E-state index contributed by atoms with van der Waals surface area (Å²) in [6.45, 7) is 7.73. The monoisotopic (exact) mass is 295 g/mol. The van der Waals surface area contributed by atoms with Gasteiger partial charge in [-0.3, -0.25) is 0 Å². The molecule has 0 amide bonds. The number of nitrogens with zero attached hydrogens (tertiary/aromatic N) is 2. The minimum atomic E-state index is 0.606. The molecule has 1 atom stereocenters. The van der Waals surface area contributed by atoms with Crippen molar-refractivity contribution in [3.05, 3.63) is 22.7 Å². The lowest BCUT2D eigenvalue weighted by Crippen LogP contribution is -2.58. The van der Waals surface area contributed by atoms with Crippen molar-refractivity contribution in [3.63, 3.8) is 0 Å². The number of likely N-dealkylation sites (N-methyl/N-ethyl adjacent to an activating group) is 1. The fourth-order valence-corrected chi connectivity index (χ4v) is 3.50. The Balaban J connectivity index is 2.08. The first-order valence-electron chi connectivity index (χ1n) is 6.32. The van der Waals surface area contributed by atoms with Crippen molar-refractivity contribution in [1.29, 1.82) is 0 Å². The molecule has 0 spiro atoms. The molecule has 2 aliphatic heterocycles. The number of rotatable bonds is 1. The molecule has 0 aliphatic carbocycles. The summed E-state index contributed by atoms with van der Waals surface area (Å²) in [4.78, 5) is 5.04. The summed E-state index contributed by atoms with van der Waals surface area (Å²) in [5, 5.41) is 3.50. The molecular formula is C13H18BrN3. The zero-order valence-corrected chi connectivity index (χ0v) is 11.7. The van der Waals surface area contributed by atoms with Crippen LogP contribution in [0.1, 0.15) is 6.92 Å². The quantitative estimate of drug-likeness (QED) is 0.856. The maximum atomic E-state index is 3.71. The molecule has 3 rings (SSSR count). The highest BCUT2D eigenvalue weighted by atomic mass is 79.9. The van der Waals surface area contributed by atoms with Gasteiger partial charge in [-0.15, -0.1) is 0 Å². The van der Waals surface area contributed by atoms with Crippen LogP contribution in [-0.4, -0.2) is 38.8 Å². The summed E-state index contributed by atoms with van der Waals surface area (Å²) < 4.78 is 1.22. The highest BCUT2D eigenvalue weighted by Gasteiger charge is 2.32. The zero-order chi connectivity index (χ0) is 11.8. The van der Waals surface area contributed by atoms with Gasteiger partial charge in [0, 0.05) is 37.2 Å². The minimum absolute atomic E-state index is 0.606. The average Bonchev–Trinajstić information content (AvgIpc) is 2.38. The molecule has 4 heteroatoms. The third-order valence-electron chi connectivity index (χ3n) is 3.76. The highest BCUT2D eigenvalue weighted by molar-refractivity contribution is 9.10. The van der Waals surface area contributed by atoms with E-state index in [1.807, 2.05) is 0 Å². The predicted molar refractivity (Wildman–Crippen MR) is 76.0 cm³/mol. The number of hydrogen-bond acceptors (Lipinski definition) is 3. The van der Waals surface area contributed by atoms with Gasteiger partial charge in [0.15, 0.2) is 0 Å². The molecule has 1 fully saturated rings. The lowest BCUT2D eigenvalue weighted by Gasteiger charge is -2.47. The van der Waals surface area contributed by atoms with Crippen LogP contribution in [0, 0.1) is 0 Å². The van der Waals surface area contributed by atoms with Crippen molar-refractivity contribution in [2.75, 3.05) is 42.5 Å². The zero-order valence-electron chi connectivity index (χ0n) is 10.1. The highest BCUT2D eigenvalue weighted by Crippen LogP contribution is 2.41. The van der Waals surface area contributed by atoms with Crippen LogP contribution in [0.25, 0.3) is 0 Å². The summed E-state index contributed by atoms with van der Waals surface area (Å²) >= 11 is 3.71. The number of hydrogen-bond donors (Lipinski definition) is 1. The Morgan fingerprint density at radius 2 is 2.35 bits per heavy atom. The van der Waals surface area contributed by atoms with Crippen LogP contribution < -0.4 is 15.1 Å². The third-order valence-corrected chi connectivity index (χ3v) is 4.40. The number of anilines is 2. The number of fused-ring (bicyclic) bond motifs is 3. The molecule has 3 nitrogen and oxygen atoms in total. The molecule has 17 heavy (non-hydrogen) atoms. The Labute approximate surface area is 111 Å². The van der Waals surface area contributed by atoms with Crippen molar-refractivity contribution >= 4 is 27.3 Å². The Morgan fingerprint density at radius 1 is 1.47 bits per heavy atom. The van der Waals surface area contributed by atoms with E-state index in [0.717, 1.165) is 32.7 Å². The average molecular weight is 296 g/mol. The molecule has 2 heterocycles. The van der Waals surface area contributed by atoms with Gasteiger partial charge in [0.1, 0.15) is 0 Å². The Morgan fingerprint density at radius 3 is 3.18 bits per heavy atom. The van der Waals surface area contributed by atoms with Crippen LogP contribution in [0.5, 0.6) is 0 Å². The first kappa shape index (κ1) is 11.4. The van der Waals surface area contributed by atoms with Crippen LogP contribution in [-0.2, 0) is 0 Å². The number of nitrogens with one attached hydrogen (secondary N) is 1. The van der Waals surface area contributed by atoms with Gasteiger partial charge in [-0.25, -0.2) is 0 Å². The van der Waals surface area contributed by atoms with Crippen LogP contribution >= 0.6 is 15.9 Å². The van der Waals surface area contributed by atoms with E-state index < -0.39 is 0 Å². The van der Waals surface area contributed by atoms with Crippen LogP contribution in [0.4, 0.5) is 11.4 Å². The lowest BCUT2D eigenvalue weighted by atomic mass is 10.0. The van der Waals surface area contributed by atoms with Crippen LogP contribution in [0.3, 0.4) is 0 Å². The predicted octanol–water partition coefficient (Wildman–Crippen LogP) is 2.07. The lowest BCUT2D eigenvalue weighted by molar-refractivity contribution is 0.460. The van der Waals surface area contributed by atoms with Gasteiger partial charge in [-0.1, -0.05) is 6.07 Å². The second-order valence-electron chi connectivity index (χ2n) is 4.70. The van der Waals surface area contributed by atoms with E-state index in [-0.39, 0.29) is 0 Å². The van der Waals surface area contributed by atoms with E-state index >= 15 is 0 Å². The van der Waals surface area contributed by atoms with E-state index in [9.17, 15) is 0 Å². The van der Waals surface area contributed by atoms with Gasteiger partial charge < -0.3 is 15.1 Å². The standard InChI is InChI=1S/C13H18BrN3/c1-2-16-9-10-8-15-6-7-17(10)13-11(14)4-3-5-12(13)16/h3-5,10,15H,2,6-9H2,1H3. The molecule has 1 N–H and O–H groups in total. The maximum Gasteiger partial charge on any atom is 0.0752 e. The maximum absolute atomic E-state index is 3.71. The molecule has 1 saturated heterocycles. The Bertz CT molecular complexity index is 421. The van der Waals surface area contributed by atoms with Gasteiger partial charge in [0.25, 0.3) is 0 Å². The molecule has 1 unspecified atom stereocenters. The molecule has 1 aromatic rings. The third kappa shape index (κ3) is 1.83. The van der Waals surface area contributed by atoms with Gasteiger partial charge in [0.2, 0.25) is 0 Å². The van der Waals surface area contributed by atoms with Crippen LogP contribution in [0.15, 0.2) is 22.7 Å². The first-order chi connectivity index (χ1) is 8.31. The van der Waals surface area contributed by atoms with Crippen molar-refractivity contribution in [2.24, 2.45) is 0 Å². The first-order valence-corrected chi connectivity index (χ1v) is 7.11. The fraction of sp³-hybridized carbons (Fsp3) is 0.538. The molecule has 1 aromatic carbocycles. The smallest absolute Gasteiger partial charge is 0.0752 e. The van der Waals surface area contributed by atoms with Crippen molar-refractivity contribution in [2.45, 2.75) is 13.0 Å². The van der Waals surface area contributed by atoms with E-state index in [2.05, 4.69) is 56.2 Å². The largest absolute Gasteiger partial charge is 0.368 e. The second-order valence-corrected chi connectivity index (χ2v) is 5.55. The van der Waals surface area contributed by atoms with E-state index in [1.165, 1.54) is 15.8 Å². The number of piperazine rings is 1. The summed E-state index contributed by atoms with van der Waals surface area (Å²) in [5.41, 5.74) is 2.76. The SMILES string of the molecule is CCN1CC2CNCCN2c2c(Br)cccc21. The number of para-hydroxylation sites is 1. The second kappa shape index (κ2) is 4.50. The fourth-order valence-electron chi connectivity index (χ4n) is 2.91. The van der Waals surface area contributed by atoms with Gasteiger partial charge in [-0.2, -0.15) is 0 Å². The number of halogens is 1. The van der Waals surface area contributed by atoms with E-state index in [1.54, 1.807) is 0 Å². The van der Waals surface area contributed by atoms with Gasteiger partial charge >= 0.3 is 0 Å². The van der Waals surface area contributed by atoms with Crippen molar-refractivity contribution in [3.8, 4) is 0 Å². The molecule has 2 aliphatic rings. The van der Waals surface area contributed by atoms with Crippen LogP contribution in [0.2, 0.25) is 0 Å². The summed E-state index contributed by atoms with van der Waals surface area (Å²) in [7, 11) is 0. The molecule has 0 bridgehead atoms. The molecule has 0 saturated carbocycles. The molecule has 0 aromatic heterocycles. The summed E-state index contributed by atoms with van der Waals surface area (Å²) in [5.74, 6) is 0. The van der Waals surface area contributed by atoms with E-state index in [0.29, 0.717) is 6.04 Å². The van der Waals surface area contributed by atoms with Gasteiger partial charge in [0.05, 0.1) is 17.4 Å². The topological polar surface area (TPSA) is 18.5 Å². The normalized spacial score (nSPS) is 23.3. The Hall–Kier alpha value is -0.740. The van der Waals surface area contributed by atoms with Gasteiger partial charge in [-0.05, 0) is 35.0 Å². The molecular weight excluding hydrogens is 278 g/mol. The van der Waals surface area contributed by atoms with E-state index in [4.69, 9.17) is 0 Å². The minimum Gasteiger partial charge on any atom is -0.368 e. The summed E-state index contributed by atoms with van der Waals surface area (Å²) in [6, 6.07) is 7.13. The molecule has 0 radical (unpaired) electrons. The molecule has 92 valence electrons. The Kier molecular flexibility index (Phi) is 3.01. The van der Waals surface area contributed by atoms with Crippen molar-refractivity contribution < 1.29 is 0 Å². The van der Waals surface area contributed by atoms with Crippen molar-refractivity contribution in [1.82, 2.24) is 5.32 Å². The number of benzene rings is 1. The summed E-state index contributed by atoms with van der Waals surface area (Å²) in [6.07, 6.45) is 0.